The normalized spacial score (nSPS) is 11.2. The molecule has 0 saturated heterocycles. The monoisotopic (exact) mass is 267 g/mol. The summed E-state index contributed by atoms with van der Waals surface area (Å²) in [5.74, 6) is -0.412. The summed E-state index contributed by atoms with van der Waals surface area (Å²) in [5.41, 5.74) is 1.06. The van der Waals surface area contributed by atoms with E-state index in [4.69, 9.17) is 16.3 Å². The molecule has 0 bridgehead atoms. The average molecular weight is 268 g/mol. The van der Waals surface area contributed by atoms with Gasteiger partial charge in [-0.15, -0.1) is 0 Å². The molecule has 3 aromatic heterocycles. The summed E-state index contributed by atoms with van der Waals surface area (Å²) in [6.45, 7) is 0. The molecule has 3 heterocycles. The lowest BCUT2D eigenvalue weighted by atomic mass is 10.4. The molecule has 0 N–H and O–H groups in total. The molecule has 0 fully saturated rings. The van der Waals surface area contributed by atoms with E-state index in [1.807, 2.05) is 6.07 Å². The van der Waals surface area contributed by atoms with Gasteiger partial charge in [-0.2, -0.15) is 0 Å². The highest BCUT2D eigenvalue weighted by molar-refractivity contribution is 7.23. The van der Waals surface area contributed by atoms with Crippen LogP contribution in [0, 0.1) is 0 Å². The maximum absolute atomic E-state index is 11.6. The second-order valence-corrected chi connectivity index (χ2v) is 4.67. The van der Waals surface area contributed by atoms with E-state index in [0.29, 0.717) is 16.4 Å². The topological polar surface area (TPSA) is 56.5 Å². The SMILES string of the molecule is COC(=O)c1ccc2sc3ncnc(Cl)c3n12. The van der Waals surface area contributed by atoms with Crippen LogP contribution in [0.5, 0.6) is 0 Å². The van der Waals surface area contributed by atoms with Crippen molar-refractivity contribution >= 4 is 44.1 Å². The third-order valence-electron chi connectivity index (χ3n) is 2.41. The van der Waals surface area contributed by atoms with Crippen LogP contribution in [0.1, 0.15) is 10.5 Å². The van der Waals surface area contributed by atoms with Gasteiger partial charge in [-0.05, 0) is 12.1 Å². The molecule has 0 spiro atoms. The van der Waals surface area contributed by atoms with E-state index in [-0.39, 0.29) is 0 Å². The van der Waals surface area contributed by atoms with Gasteiger partial charge >= 0.3 is 5.97 Å². The van der Waals surface area contributed by atoms with Crippen molar-refractivity contribution in [1.82, 2.24) is 14.4 Å². The van der Waals surface area contributed by atoms with E-state index in [2.05, 4.69) is 9.97 Å². The smallest absolute Gasteiger partial charge is 0.355 e. The number of ether oxygens (including phenoxy) is 1. The molecule has 0 aliphatic carbocycles. The van der Waals surface area contributed by atoms with Gasteiger partial charge in [0.1, 0.15) is 27.2 Å². The lowest BCUT2D eigenvalue weighted by Crippen LogP contribution is -2.04. The predicted octanol–water partition coefficient (Wildman–Crippen LogP) is 2.38. The van der Waals surface area contributed by atoms with E-state index in [1.54, 1.807) is 10.5 Å². The third-order valence-corrected chi connectivity index (χ3v) is 3.71. The fourth-order valence-corrected chi connectivity index (χ4v) is 2.97. The molecule has 17 heavy (non-hydrogen) atoms. The number of esters is 1. The summed E-state index contributed by atoms with van der Waals surface area (Å²) in [6, 6.07) is 3.52. The zero-order valence-electron chi connectivity index (χ0n) is 8.68. The Morgan fingerprint density at radius 3 is 3.06 bits per heavy atom. The molecule has 0 amide bonds. The largest absolute Gasteiger partial charge is 0.464 e. The summed E-state index contributed by atoms with van der Waals surface area (Å²) in [7, 11) is 1.34. The second-order valence-electron chi connectivity index (χ2n) is 3.30. The Hall–Kier alpha value is -1.66. The Kier molecular flexibility index (Phi) is 2.27. The van der Waals surface area contributed by atoms with Crippen molar-refractivity contribution < 1.29 is 9.53 Å². The first-order valence-electron chi connectivity index (χ1n) is 4.71. The molecule has 0 aliphatic heterocycles. The highest BCUT2D eigenvalue weighted by Crippen LogP contribution is 2.30. The number of thiazole rings is 1. The molecule has 0 radical (unpaired) electrons. The standard InChI is InChI=1S/C10H6ClN3O2S/c1-16-10(15)5-2-3-6-14(5)7-8(11)12-4-13-9(7)17-6/h2-4H,1H3. The minimum Gasteiger partial charge on any atom is -0.464 e. The van der Waals surface area contributed by atoms with E-state index < -0.39 is 5.97 Å². The Morgan fingerprint density at radius 1 is 1.47 bits per heavy atom. The van der Waals surface area contributed by atoms with E-state index in [0.717, 1.165) is 9.66 Å². The minimum atomic E-state index is -0.412. The number of nitrogens with zero attached hydrogens (tertiary/aromatic N) is 3. The van der Waals surface area contributed by atoms with Gasteiger partial charge in [0.2, 0.25) is 0 Å². The fourth-order valence-electron chi connectivity index (χ4n) is 1.70. The highest BCUT2D eigenvalue weighted by Gasteiger charge is 2.17. The number of carbonyl (C=O) groups excluding carboxylic acids is 1. The summed E-state index contributed by atoms with van der Waals surface area (Å²) in [4.78, 5) is 21.3. The number of hydrogen-bond donors (Lipinski definition) is 0. The number of carbonyl (C=O) groups is 1. The van der Waals surface area contributed by atoms with Gasteiger partial charge < -0.3 is 4.74 Å². The van der Waals surface area contributed by atoms with Gasteiger partial charge in [0.05, 0.1) is 7.11 Å². The first-order chi connectivity index (χ1) is 8.22. The number of halogens is 1. The summed E-state index contributed by atoms with van der Waals surface area (Å²) in [5, 5.41) is 0.322. The maximum Gasteiger partial charge on any atom is 0.355 e. The van der Waals surface area contributed by atoms with Gasteiger partial charge in [-0.1, -0.05) is 22.9 Å². The van der Waals surface area contributed by atoms with Gasteiger partial charge in [0.15, 0.2) is 5.15 Å². The summed E-state index contributed by atoms with van der Waals surface area (Å²) in [6.07, 6.45) is 1.40. The van der Waals surface area contributed by atoms with Gasteiger partial charge in [0, 0.05) is 0 Å². The molecule has 5 nitrogen and oxygen atoms in total. The minimum absolute atomic E-state index is 0.322. The van der Waals surface area contributed by atoms with Crippen molar-refractivity contribution in [2.24, 2.45) is 0 Å². The van der Waals surface area contributed by atoms with E-state index in [1.165, 1.54) is 24.8 Å². The maximum atomic E-state index is 11.6. The highest BCUT2D eigenvalue weighted by atomic mass is 35.5. The van der Waals surface area contributed by atoms with Crippen LogP contribution in [0.15, 0.2) is 18.5 Å². The van der Waals surface area contributed by atoms with Crippen molar-refractivity contribution in [2.75, 3.05) is 7.11 Å². The number of methoxy groups -OCH3 is 1. The Bertz CT molecular complexity index is 734. The predicted molar refractivity (Wildman–Crippen MR) is 64.7 cm³/mol. The van der Waals surface area contributed by atoms with Crippen LogP contribution in [0.4, 0.5) is 0 Å². The Balaban J connectivity index is 2.47. The van der Waals surface area contributed by atoms with Crippen molar-refractivity contribution in [3.8, 4) is 0 Å². The first-order valence-corrected chi connectivity index (χ1v) is 5.90. The molecule has 3 rings (SSSR count). The molecular weight excluding hydrogens is 262 g/mol. The molecule has 3 aromatic rings. The lowest BCUT2D eigenvalue weighted by Gasteiger charge is -1.99. The molecule has 86 valence electrons. The molecule has 0 aliphatic rings. The van der Waals surface area contributed by atoms with E-state index >= 15 is 0 Å². The zero-order chi connectivity index (χ0) is 12.0. The molecule has 0 aromatic carbocycles. The van der Waals surface area contributed by atoms with Gasteiger partial charge in [-0.25, -0.2) is 14.8 Å². The van der Waals surface area contributed by atoms with Crippen LogP contribution in [-0.4, -0.2) is 27.4 Å². The molecule has 0 atom stereocenters. The van der Waals surface area contributed by atoms with Crippen molar-refractivity contribution in [3.05, 3.63) is 29.3 Å². The number of rotatable bonds is 1. The van der Waals surface area contributed by atoms with Gasteiger partial charge in [0.25, 0.3) is 0 Å². The fraction of sp³-hybridized carbons (Fsp3) is 0.100. The Morgan fingerprint density at radius 2 is 2.29 bits per heavy atom. The molecule has 0 unspecified atom stereocenters. The Labute approximate surface area is 105 Å². The van der Waals surface area contributed by atoms with Crippen molar-refractivity contribution in [3.63, 3.8) is 0 Å². The summed E-state index contributed by atoms with van der Waals surface area (Å²) < 4.78 is 6.44. The van der Waals surface area contributed by atoms with Crippen molar-refractivity contribution in [2.45, 2.75) is 0 Å². The summed E-state index contributed by atoms with van der Waals surface area (Å²) >= 11 is 7.48. The second kappa shape index (κ2) is 3.68. The van der Waals surface area contributed by atoms with Crippen LogP contribution in [-0.2, 0) is 4.74 Å². The number of hydrogen-bond acceptors (Lipinski definition) is 5. The van der Waals surface area contributed by atoms with Crippen LogP contribution in [0.2, 0.25) is 5.15 Å². The molecule has 7 heteroatoms. The zero-order valence-corrected chi connectivity index (χ0v) is 10.2. The number of fused-ring (bicyclic) bond motifs is 3. The van der Waals surface area contributed by atoms with Gasteiger partial charge in [-0.3, -0.25) is 4.40 Å². The number of aromatic nitrogens is 3. The van der Waals surface area contributed by atoms with Crippen LogP contribution in [0.3, 0.4) is 0 Å². The van der Waals surface area contributed by atoms with Crippen LogP contribution < -0.4 is 0 Å². The lowest BCUT2D eigenvalue weighted by molar-refractivity contribution is 0.0593. The quantitative estimate of drug-likeness (QED) is 0.502. The average Bonchev–Trinajstić information content (AvgIpc) is 2.86. The van der Waals surface area contributed by atoms with Crippen LogP contribution >= 0.6 is 22.9 Å². The molecular formula is C10H6ClN3O2S. The van der Waals surface area contributed by atoms with Crippen LogP contribution in [0.25, 0.3) is 15.2 Å². The third kappa shape index (κ3) is 1.41. The van der Waals surface area contributed by atoms with Crippen molar-refractivity contribution in [1.29, 1.82) is 0 Å². The first kappa shape index (κ1) is 10.5. The van der Waals surface area contributed by atoms with E-state index in [9.17, 15) is 4.79 Å². The molecule has 0 saturated carbocycles.